The molecule has 1 aliphatic rings. The summed E-state index contributed by atoms with van der Waals surface area (Å²) < 4.78 is 0. The van der Waals surface area contributed by atoms with Gasteiger partial charge in [0.05, 0.1) is 0 Å². The molecule has 76 valence electrons. The van der Waals surface area contributed by atoms with E-state index in [2.05, 4.69) is 50.4 Å². The van der Waals surface area contributed by atoms with Crippen LogP contribution in [0.1, 0.15) is 30.9 Å². The Hall–Kier alpha value is -0.820. The number of benzene rings is 1. The normalized spacial score (nSPS) is 25.2. The third-order valence-electron chi connectivity index (χ3n) is 3.32. The molecule has 0 spiro atoms. The molecule has 1 aromatic carbocycles. The van der Waals surface area contributed by atoms with Gasteiger partial charge < -0.3 is 5.32 Å². The summed E-state index contributed by atoms with van der Waals surface area (Å²) in [5.74, 6) is 0.669. The first kappa shape index (κ1) is 9.72. The number of aryl methyl sites for hydroxylation is 1. The second-order valence-corrected chi connectivity index (χ2v) is 5.09. The van der Waals surface area contributed by atoms with Crippen LogP contribution < -0.4 is 5.32 Å². The molecule has 1 atom stereocenters. The first-order valence-electron chi connectivity index (χ1n) is 5.37. The first-order valence-corrected chi connectivity index (χ1v) is 5.37. The monoisotopic (exact) mass is 189 g/mol. The van der Waals surface area contributed by atoms with Gasteiger partial charge in [-0.25, -0.2) is 0 Å². The van der Waals surface area contributed by atoms with E-state index in [-0.39, 0.29) is 0 Å². The van der Waals surface area contributed by atoms with Gasteiger partial charge in [0.15, 0.2) is 0 Å². The Morgan fingerprint density at radius 2 is 2.14 bits per heavy atom. The molecule has 0 aromatic heterocycles. The largest absolute Gasteiger partial charge is 0.316 e. The van der Waals surface area contributed by atoms with Crippen LogP contribution in [-0.4, -0.2) is 13.1 Å². The second-order valence-electron chi connectivity index (χ2n) is 5.09. The summed E-state index contributed by atoms with van der Waals surface area (Å²) >= 11 is 0. The Bertz CT molecular complexity index is 328. The van der Waals surface area contributed by atoms with Gasteiger partial charge in [-0.15, -0.1) is 0 Å². The van der Waals surface area contributed by atoms with Crippen molar-refractivity contribution in [2.24, 2.45) is 5.41 Å². The second kappa shape index (κ2) is 3.39. The average molecular weight is 189 g/mol. The van der Waals surface area contributed by atoms with Gasteiger partial charge in [-0.2, -0.15) is 0 Å². The lowest BCUT2D eigenvalue weighted by Gasteiger charge is -2.26. The molecule has 1 fully saturated rings. The molecule has 1 saturated heterocycles. The summed E-state index contributed by atoms with van der Waals surface area (Å²) in [6.45, 7) is 9.11. The van der Waals surface area contributed by atoms with Crippen molar-refractivity contribution in [3.8, 4) is 0 Å². The molecular formula is C13H19N. The minimum atomic E-state index is 0.397. The van der Waals surface area contributed by atoms with Crippen molar-refractivity contribution in [1.29, 1.82) is 0 Å². The van der Waals surface area contributed by atoms with Crippen molar-refractivity contribution in [3.05, 3.63) is 35.4 Å². The van der Waals surface area contributed by atoms with Gasteiger partial charge in [-0.1, -0.05) is 43.7 Å². The van der Waals surface area contributed by atoms with Crippen molar-refractivity contribution in [1.82, 2.24) is 5.32 Å². The Kier molecular flexibility index (Phi) is 2.36. The van der Waals surface area contributed by atoms with E-state index < -0.39 is 0 Å². The summed E-state index contributed by atoms with van der Waals surface area (Å²) in [6, 6.07) is 8.91. The predicted molar refractivity (Wildman–Crippen MR) is 60.6 cm³/mol. The molecule has 1 heteroatoms. The number of hydrogen-bond acceptors (Lipinski definition) is 1. The standard InChI is InChI=1S/C13H19N/c1-10-5-4-6-11(7-10)12-8-14-9-13(12,2)3/h4-7,12,14H,8-9H2,1-3H3/t12-/m0/s1. The topological polar surface area (TPSA) is 12.0 Å². The Morgan fingerprint density at radius 1 is 1.36 bits per heavy atom. The Balaban J connectivity index is 2.31. The minimum absolute atomic E-state index is 0.397. The van der Waals surface area contributed by atoms with Gasteiger partial charge in [-0.3, -0.25) is 0 Å². The molecular weight excluding hydrogens is 170 g/mol. The van der Waals surface area contributed by atoms with E-state index in [1.807, 2.05) is 0 Å². The van der Waals surface area contributed by atoms with E-state index >= 15 is 0 Å². The quantitative estimate of drug-likeness (QED) is 0.716. The number of rotatable bonds is 1. The molecule has 1 heterocycles. The van der Waals surface area contributed by atoms with Crippen LogP contribution in [0, 0.1) is 12.3 Å². The van der Waals surface area contributed by atoms with E-state index in [1.165, 1.54) is 11.1 Å². The zero-order valence-corrected chi connectivity index (χ0v) is 9.30. The zero-order valence-electron chi connectivity index (χ0n) is 9.30. The SMILES string of the molecule is Cc1cccc([C@@H]2CNCC2(C)C)c1. The summed E-state index contributed by atoms with van der Waals surface area (Å²) in [6.07, 6.45) is 0. The van der Waals surface area contributed by atoms with E-state index in [0.29, 0.717) is 11.3 Å². The third kappa shape index (κ3) is 1.69. The zero-order chi connectivity index (χ0) is 10.2. The maximum atomic E-state index is 3.48. The highest BCUT2D eigenvalue weighted by Gasteiger charge is 2.35. The lowest BCUT2D eigenvalue weighted by molar-refractivity contribution is 0.363. The van der Waals surface area contributed by atoms with Crippen LogP contribution in [0.4, 0.5) is 0 Å². The number of hydrogen-bond donors (Lipinski definition) is 1. The third-order valence-corrected chi connectivity index (χ3v) is 3.32. The van der Waals surface area contributed by atoms with Gasteiger partial charge in [0.25, 0.3) is 0 Å². The molecule has 1 nitrogen and oxygen atoms in total. The van der Waals surface area contributed by atoms with Crippen LogP contribution in [0.15, 0.2) is 24.3 Å². The molecule has 0 saturated carbocycles. The van der Waals surface area contributed by atoms with Crippen LogP contribution in [0.25, 0.3) is 0 Å². The summed E-state index contributed by atoms with van der Waals surface area (Å²) in [4.78, 5) is 0. The number of nitrogens with one attached hydrogen (secondary N) is 1. The van der Waals surface area contributed by atoms with Crippen molar-refractivity contribution in [2.75, 3.05) is 13.1 Å². The molecule has 0 aliphatic carbocycles. The summed E-state index contributed by atoms with van der Waals surface area (Å²) in [7, 11) is 0. The van der Waals surface area contributed by atoms with Crippen LogP contribution in [0.3, 0.4) is 0 Å². The maximum Gasteiger partial charge on any atom is 0.00268 e. The van der Waals surface area contributed by atoms with Gasteiger partial charge in [-0.05, 0) is 17.9 Å². The smallest absolute Gasteiger partial charge is 0.00268 e. The first-order chi connectivity index (χ1) is 6.59. The van der Waals surface area contributed by atoms with Gasteiger partial charge in [0.1, 0.15) is 0 Å². The predicted octanol–water partition coefficient (Wildman–Crippen LogP) is 2.71. The van der Waals surface area contributed by atoms with E-state index in [4.69, 9.17) is 0 Å². The van der Waals surface area contributed by atoms with Crippen LogP contribution in [0.5, 0.6) is 0 Å². The fourth-order valence-corrected chi connectivity index (χ4v) is 2.39. The molecule has 1 aliphatic heterocycles. The van der Waals surface area contributed by atoms with Crippen molar-refractivity contribution < 1.29 is 0 Å². The van der Waals surface area contributed by atoms with Crippen molar-refractivity contribution >= 4 is 0 Å². The van der Waals surface area contributed by atoms with Crippen LogP contribution >= 0.6 is 0 Å². The summed E-state index contributed by atoms with van der Waals surface area (Å²) in [5.41, 5.74) is 3.25. The van der Waals surface area contributed by atoms with Gasteiger partial charge in [0, 0.05) is 19.0 Å². The fourth-order valence-electron chi connectivity index (χ4n) is 2.39. The van der Waals surface area contributed by atoms with E-state index in [0.717, 1.165) is 13.1 Å². The Labute approximate surface area is 86.5 Å². The van der Waals surface area contributed by atoms with Crippen LogP contribution in [-0.2, 0) is 0 Å². The molecule has 2 rings (SSSR count). The molecule has 0 unspecified atom stereocenters. The lowest BCUT2D eigenvalue weighted by atomic mass is 9.77. The average Bonchev–Trinajstić information content (AvgIpc) is 2.45. The van der Waals surface area contributed by atoms with Crippen molar-refractivity contribution in [3.63, 3.8) is 0 Å². The Morgan fingerprint density at radius 3 is 2.71 bits per heavy atom. The lowest BCUT2D eigenvalue weighted by Crippen LogP contribution is -2.20. The molecule has 0 radical (unpaired) electrons. The van der Waals surface area contributed by atoms with Gasteiger partial charge >= 0.3 is 0 Å². The van der Waals surface area contributed by atoms with Crippen molar-refractivity contribution in [2.45, 2.75) is 26.7 Å². The highest BCUT2D eigenvalue weighted by atomic mass is 14.9. The van der Waals surface area contributed by atoms with Crippen LogP contribution in [0.2, 0.25) is 0 Å². The molecule has 14 heavy (non-hydrogen) atoms. The highest BCUT2D eigenvalue weighted by molar-refractivity contribution is 5.28. The van der Waals surface area contributed by atoms with Gasteiger partial charge in [0.2, 0.25) is 0 Å². The highest BCUT2D eigenvalue weighted by Crippen LogP contribution is 2.38. The molecule has 1 N–H and O–H groups in total. The molecule has 0 bridgehead atoms. The van der Waals surface area contributed by atoms with E-state index in [1.54, 1.807) is 0 Å². The fraction of sp³-hybridized carbons (Fsp3) is 0.538. The minimum Gasteiger partial charge on any atom is -0.316 e. The maximum absolute atomic E-state index is 3.48. The summed E-state index contributed by atoms with van der Waals surface area (Å²) in [5, 5.41) is 3.48. The molecule has 1 aromatic rings. The van der Waals surface area contributed by atoms with E-state index in [9.17, 15) is 0 Å². The molecule has 0 amide bonds.